The number of nitrogens with two attached hydrogens (primary N) is 1. The molecule has 1 aliphatic rings. The normalized spacial score (nSPS) is 20.7. The van der Waals surface area contributed by atoms with E-state index in [-0.39, 0.29) is 5.91 Å². The van der Waals surface area contributed by atoms with Gasteiger partial charge >= 0.3 is 0 Å². The molecule has 2 rings (SSSR count). The maximum atomic E-state index is 12.2. The molecule has 1 unspecified atom stereocenters. The van der Waals surface area contributed by atoms with Crippen LogP contribution in [0.1, 0.15) is 38.7 Å². The average Bonchev–Trinajstić information content (AvgIpc) is 2.55. The van der Waals surface area contributed by atoms with Gasteiger partial charge in [0.25, 0.3) is 0 Å². The smallest absolute Gasteiger partial charge is 0.222 e. The molecule has 0 aromatic heterocycles. The molecule has 0 spiro atoms. The van der Waals surface area contributed by atoms with Crippen molar-refractivity contribution in [1.29, 1.82) is 0 Å². The number of carbonyl (C=O) groups excluding carboxylic acids is 1. The molecular weight excluding hydrogens is 236 g/mol. The summed E-state index contributed by atoms with van der Waals surface area (Å²) in [5.74, 6) is 1.60. The first-order chi connectivity index (χ1) is 9.08. The molecule has 0 saturated carbocycles. The zero-order chi connectivity index (χ0) is 13.8. The lowest BCUT2D eigenvalue weighted by atomic mass is 9.89. The summed E-state index contributed by atoms with van der Waals surface area (Å²) in [4.78, 5) is 14.1. The summed E-state index contributed by atoms with van der Waals surface area (Å²) in [5, 5.41) is 0. The molecule has 2 N–H and O–H groups in total. The number of nitrogen functional groups attached to an aromatic ring is 1. The molecule has 1 aromatic rings. The highest BCUT2D eigenvalue weighted by Crippen LogP contribution is 2.26. The summed E-state index contributed by atoms with van der Waals surface area (Å²) < 4.78 is 0. The predicted molar refractivity (Wildman–Crippen MR) is 78.5 cm³/mol. The van der Waals surface area contributed by atoms with E-state index in [9.17, 15) is 4.79 Å². The van der Waals surface area contributed by atoms with Crippen LogP contribution in [0.15, 0.2) is 24.3 Å². The molecule has 0 bridgehead atoms. The van der Waals surface area contributed by atoms with Crippen molar-refractivity contribution < 1.29 is 4.79 Å². The number of benzene rings is 1. The van der Waals surface area contributed by atoms with Gasteiger partial charge in [-0.05, 0) is 36.3 Å². The zero-order valence-electron chi connectivity index (χ0n) is 11.9. The van der Waals surface area contributed by atoms with E-state index in [1.165, 1.54) is 0 Å². The van der Waals surface area contributed by atoms with Crippen molar-refractivity contribution in [3.05, 3.63) is 29.8 Å². The fourth-order valence-electron chi connectivity index (χ4n) is 2.78. The molecule has 19 heavy (non-hydrogen) atoms. The Morgan fingerprint density at radius 3 is 2.74 bits per heavy atom. The second-order valence-corrected chi connectivity index (χ2v) is 5.85. The minimum Gasteiger partial charge on any atom is -0.398 e. The highest BCUT2D eigenvalue weighted by Gasteiger charge is 2.24. The minimum atomic E-state index is 0.270. The second-order valence-electron chi connectivity index (χ2n) is 5.85. The Hall–Kier alpha value is -1.51. The number of nitrogens with zero attached hydrogens (tertiary/aromatic N) is 1. The number of para-hydroxylation sites is 1. The Morgan fingerprint density at radius 1 is 1.32 bits per heavy atom. The van der Waals surface area contributed by atoms with Crippen molar-refractivity contribution in [3.63, 3.8) is 0 Å². The summed E-state index contributed by atoms with van der Waals surface area (Å²) in [5.41, 5.74) is 7.79. The van der Waals surface area contributed by atoms with Crippen molar-refractivity contribution >= 4 is 11.6 Å². The Balaban J connectivity index is 2.04. The molecule has 1 atom stereocenters. The molecule has 0 radical (unpaired) electrons. The van der Waals surface area contributed by atoms with E-state index in [1.807, 2.05) is 29.2 Å². The number of rotatable bonds is 3. The Morgan fingerprint density at radius 2 is 2.05 bits per heavy atom. The van der Waals surface area contributed by atoms with E-state index < -0.39 is 0 Å². The average molecular weight is 260 g/mol. The van der Waals surface area contributed by atoms with Crippen LogP contribution < -0.4 is 5.73 Å². The third-order valence-electron chi connectivity index (χ3n) is 4.21. The molecule has 1 amide bonds. The predicted octanol–water partition coefficient (Wildman–Crippen LogP) is 3.05. The number of likely N-dealkylation sites (tertiary alicyclic amines) is 1. The first kappa shape index (κ1) is 13.9. The maximum Gasteiger partial charge on any atom is 0.222 e. The van der Waals surface area contributed by atoms with Crippen LogP contribution in [0.25, 0.3) is 0 Å². The quantitative estimate of drug-likeness (QED) is 0.849. The topological polar surface area (TPSA) is 46.3 Å². The summed E-state index contributed by atoms with van der Waals surface area (Å²) in [6.07, 6.45) is 2.81. The first-order valence-corrected chi connectivity index (χ1v) is 7.19. The van der Waals surface area contributed by atoms with Gasteiger partial charge in [-0.2, -0.15) is 0 Å². The van der Waals surface area contributed by atoms with Crippen LogP contribution in [0, 0.1) is 11.8 Å². The van der Waals surface area contributed by atoms with Crippen molar-refractivity contribution in [2.24, 2.45) is 11.8 Å². The minimum absolute atomic E-state index is 0.270. The van der Waals surface area contributed by atoms with E-state index in [1.54, 1.807) is 0 Å². The fourth-order valence-corrected chi connectivity index (χ4v) is 2.78. The van der Waals surface area contributed by atoms with E-state index in [0.717, 1.165) is 30.6 Å². The number of hydrogen-bond donors (Lipinski definition) is 1. The molecule has 1 saturated heterocycles. The summed E-state index contributed by atoms with van der Waals surface area (Å²) in [7, 11) is 0. The van der Waals surface area contributed by atoms with Gasteiger partial charge in [0.2, 0.25) is 5.91 Å². The van der Waals surface area contributed by atoms with Gasteiger partial charge in [-0.3, -0.25) is 4.79 Å². The number of anilines is 1. The van der Waals surface area contributed by atoms with Gasteiger partial charge in [-0.1, -0.05) is 32.0 Å². The highest BCUT2D eigenvalue weighted by atomic mass is 16.2. The lowest BCUT2D eigenvalue weighted by molar-refractivity contribution is -0.131. The van der Waals surface area contributed by atoms with Gasteiger partial charge in [-0.15, -0.1) is 0 Å². The van der Waals surface area contributed by atoms with Gasteiger partial charge in [0, 0.05) is 25.2 Å². The Kier molecular flexibility index (Phi) is 4.46. The summed E-state index contributed by atoms with van der Waals surface area (Å²) in [6.45, 7) is 6.01. The lowest BCUT2D eigenvalue weighted by Gasteiger charge is -2.22. The number of hydrogen-bond acceptors (Lipinski definition) is 2. The van der Waals surface area contributed by atoms with Crippen molar-refractivity contribution in [2.75, 3.05) is 12.3 Å². The van der Waals surface area contributed by atoms with Crippen molar-refractivity contribution in [1.82, 2.24) is 4.90 Å². The molecule has 1 aliphatic heterocycles. The molecular formula is C16H24N2O. The van der Waals surface area contributed by atoms with Crippen molar-refractivity contribution in [2.45, 2.75) is 39.7 Å². The van der Waals surface area contributed by atoms with E-state index in [4.69, 9.17) is 5.73 Å². The molecule has 3 heteroatoms. The summed E-state index contributed by atoms with van der Waals surface area (Å²) >= 11 is 0. The van der Waals surface area contributed by atoms with E-state index in [2.05, 4.69) is 13.8 Å². The third-order valence-corrected chi connectivity index (χ3v) is 4.21. The van der Waals surface area contributed by atoms with Crippen LogP contribution in [0.4, 0.5) is 5.69 Å². The second kappa shape index (κ2) is 6.09. The Labute approximate surface area is 115 Å². The number of amides is 1. The third kappa shape index (κ3) is 3.49. The summed E-state index contributed by atoms with van der Waals surface area (Å²) in [6, 6.07) is 7.81. The lowest BCUT2D eigenvalue weighted by Crippen LogP contribution is -2.30. The largest absolute Gasteiger partial charge is 0.398 e. The Bertz CT molecular complexity index is 442. The van der Waals surface area contributed by atoms with E-state index in [0.29, 0.717) is 24.8 Å². The van der Waals surface area contributed by atoms with Crippen LogP contribution in [0.2, 0.25) is 0 Å². The highest BCUT2D eigenvalue weighted by molar-refractivity contribution is 5.76. The SMILES string of the molecule is CC(C)C1CCC(=O)N(Cc2ccccc2N)CC1. The van der Waals surface area contributed by atoms with Gasteiger partial charge in [0.05, 0.1) is 0 Å². The number of carbonyl (C=O) groups is 1. The van der Waals surface area contributed by atoms with Gasteiger partial charge < -0.3 is 10.6 Å². The zero-order valence-corrected chi connectivity index (χ0v) is 11.9. The van der Waals surface area contributed by atoms with Gasteiger partial charge in [0.1, 0.15) is 0 Å². The van der Waals surface area contributed by atoms with Gasteiger partial charge in [0.15, 0.2) is 0 Å². The molecule has 1 heterocycles. The standard InChI is InChI=1S/C16H24N2O/c1-12(2)13-7-8-16(19)18(10-9-13)11-14-5-3-4-6-15(14)17/h3-6,12-13H,7-11,17H2,1-2H3. The molecule has 3 nitrogen and oxygen atoms in total. The van der Waals surface area contributed by atoms with E-state index >= 15 is 0 Å². The van der Waals surface area contributed by atoms with Crippen LogP contribution in [0.3, 0.4) is 0 Å². The van der Waals surface area contributed by atoms with Crippen LogP contribution in [-0.4, -0.2) is 17.4 Å². The molecule has 1 aromatic carbocycles. The van der Waals surface area contributed by atoms with Crippen LogP contribution >= 0.6 is 0 Å². The maximum absolute atomic E-state index is 12.2. The van der Waals surface area contributed by atoms with Gasteiger partial charge in [-0.25, -0.2) is 0 Å². The molecule has 1 fully saturated rings. The van der Waals surface area contributed by atoms with Crippen LogP contribution in [0.5, 0.6) is 0 Å². The molecule has 104 valence electrons. The molecule has 0 aliphatic carbocycles. The fraction of sp³-hybridized carbons (Fsp3) is 0.562. The van der Waals surface area contributed by atoms with Crippen LogP contribution in [-0.2, 0) is 11.3 Å². The monoisotopic (exact) mass is 260 g/mol. The first-order valence-electron chi connectivity index (χ1n) is 7.19. The van der Waals surface area contributed by atoms with Crippen molar-refractivity contribution in [3.8, 4) is 0 Å².